The predicted octanol–water partition coefficient (Wildman–Crippen LogP) is 5.93. The van der Waals surface area contributed by atoms with Crippen LogP contribution in [0.4, 0.5) is 5.69 Å². The Hall–Kier alpha value is -1.90. The van der Waals surface area contributed by atoms with Crippen molar-refractivity contribution < 1.29 is 0 Å². The van der Waals surface area contributed by atoms with Gasteiger partial charge >= 0.3 is 0 Å². The lowest BCUT2D eigenvalue weighted by molar-refractivity contribution is 0.629. The number of benzene rings is 2. The van der Waals surface area contributed by atoms with Gasteiger partial charge in [-0.25, -0.2) is 0 Å². The van der Waals surface area contributed by atoms with Gasteiger partial charge in [-0.05, 0) is 53.8 Å². The molecular formula is C20H20Cl2N2. The van der Waals surface area contributed by atoms with Gasteiger partial charge < -0.3 is 10.6 Å². The molecule has 2 aromatic carbocycles. The van der Waals surface area contributed by atoms with E-state index in [-0.39, 0.29) is 6.04 Å². The van der Waals surface area contributed by atoms with Crippen molar-refractivity contribution in [2.75, 3.05) is 12.4 Å². The minimum Gasteiger partial charge on any atom is -0.387 e. The quantitative estimate of drug-likeness (QED) is 0.692. The van der Waals surface area contributed by atoms with Gasteiger partial charge in [-0.3, -0.25) is 0 Å². The Morgan fingerprint density at radius 3 is 2.71 bits per heavy atom. The number of hydrogen-bond acceptors (Lipinski definition) is 2. The molecule has 0 amide bonds. The van der Waals surface area contributed by atoms with Crippen LogP contribution in [0, 0.1) is 0 Å². The van der Waals surface area contributed by atoms with Crippen molar-refractivity contribution in [2.24, 2.45) is 0 Å². The Morgan fingerprint density at radius 1 is 1.21 bits per heavy atom. The number of nitrogens with one attached hydrogen (secondary N) is 2. The van der Waals surface area contributed by atoms with Crippen molar-refractivity contribution >= 4 is 40.7 Å². The molecule has 0 aliphatic heterocycles. The second kappa shape index (κ2) is 6.92. The highest BCUT2D eigenvalue weighted by Crippen LogP contribution is 2.36. The second-order valence-corrected chi connectivity index (χ2v) is 6.80. The number of fused-ring (bicyclic) bond motifs is 1. The molecule has 0 aromatic heterocycles. The molecule has 0 bridgehead atoms. The topological polar surface area (TPSA) is 24.1 Å². The molecule has 1 aliphatic carbocycles. The molecule has 1 aliphatic rings. The van der Waals surface area contributed by atoms with Crippen LogP contribution in [-0.4, -0.2) is 7.05 Å². The zero-order valence-electron chi connectivity index (χ0n) is 13.6. The first kappa shape index (κ1) is 16.9. The molecule has 0 radical (unpaired) electrons. The molecule has 24 heavy (non-hydrogen) atoms. The second-order valence-electron chi connectivity index (χ2n) is 5.93. The van der Waals surface area contributed by atoms with Crippen LogP contribution < -0.4 is 10.6 Å². The monoisotopic (exact) mass is 358 g/mol. The summed E-state index contributed by atoms with van der Waals surface area (Å²) in [7, 11) is 1.89. The van der Waals surface area contributed by atoms with Crippen molar-refractivity contribution in [1.82, 2.24) is 5.32 Å². The van der Waals surface area contributed by atoms with Gasteiger partial charge in [0.05, 0.1) is 11.7 Å². The van der Waals surface area contributed by atoms with E-state index in [1.807, 2.05) is 25.2 Å². The van der Waals surface area contributed by atoms with Crippen LogP contribution in [0.1, 0.15) is 34.7 Å². The highest BCUT2D eigenvalue weighted by Gasteiger charge is 2.23. The first-order chi connectivity index (χ1) is 11.5. The summed E-state index contributed by atoms with van der Waals surface area (Å²) in [5.74, 6) is 0. The Morgan fingerprint density at radius 2 is 2.00 bits per heavy atom. The summed E-state index contributed by atoms with van der Waals surface area (Å²) in [6.45, 7) is 8.10. The van der Waals surface area contributed by atoms with Crippen LogP contribution in [0.5, 0.6) is 0 Å². The van der Waals surface area contributed by atoms with Crippen LogP contribution in [-0.2, 0) is 6.42 Å². The third-order valence-electron chi connectivity index (χ3n) is 4.46. The Balaban J connectivity index is 1.90. The van der Waals surface area contributed by atoms with E-state index in [0.717, 1.165) is 40.4 Å². The number of rotatable bonds is 5. The molecule has 0 saturated heterocycles. The summed E-state index contributed by atoms with van der Waals surface area (Å²) in [5.41, 5.74) is 6.33. The van der Waals surface area contributed by atoms with E-state index in [9.17, 15) is 0 Å². The highest BCUT2D eigenvalue weighted by atomic mass is 35.5. The minimum absolute atomic E-state index is 0.237. The first-order valence-corrected chi connectivity index (χ1v) is 8.67. The van der Waals surface area contributed by atoms with E-state index >= 15 is 0 Å². The summed E-state index contributed by atoms with van der Waals surface area (Å²) in [5, 5.41) is 8.24. The molecule has 2 nitrogen and oxygen atoms in total. The molecule has 0 spiro atoms. The summed E-state index contributed by atoms with van der Waals surface area (Å²) in [6, 6.07) is 10.1. The zero-order chi connectivity index (χ0) is 17.3. The molecule has 3 rings (SSSR count). The maximum Gasteiger partial charge on any atom is 0.0519 e. The molecule has 0 saturated carbocycles. The van der Waals surface area contributed by atoms with Gasteiger partial charge in [0.25, 0.3) is 0 Å². The van der Waals surface area contributed by atoms with Gasteiger partial charge in [-0.1, -0.05) is 48.5 Å². The van der Waals surface area contributed by atoms with Crippen LogP contribution in [0.2, 0.25) is 10.0 Å². The number of aryl methyl sites for hydroxylation is 1. The van der Waals surface area contributed by atoms with E-state index in [0.29, 0.717) is 5.02 Å². The van der Waals surface area contributed by atoms with Crippen molar-refractivity contribution in [3.8, 4) is 0 Å². The van der Waals surface area contributed by atoms with Crippen molar-refractivity contribution in [3.05, 3.63) is 75.8 Å². The van der Waals surface area contributed by atoms with Crippen LogP contribution in [0.3, 0.4) is 0 Å². The number of hydrogen-bond donors (Lipinski definition) is 2. The maximum absolute atomic E-state index is 6.26. The molecule has 0 heterocycles. The summed E-state index contributed by atoms with van der Waals surface area (Å²) < 4.78 is 0. The van der Waals surface area contributed by atoms with Gasteiger partial charge in [0, 0.05) is 28.4 Å². The molecule has 124 valence electrons. The smallest absolute Gasteiger partial charge is 0.0519 e. The van der Waals surface area contributed by atoms with Crippen molar-refractivity contribution in [2.45, 2.75) is 18.9 Å². The summed E-state index contributed by atoms with van der Waals surface area (Å²) in [6.07, 6.45) is 3.84. The average Bonchev–Trinajstić information content (AvgIpc) is 2.95. The van der Waals surface area contributed by atoms with Crippen molar-refractivity contribution in [3.63, 3.8) is 0 Å². The van der Waals surface area contributed by atoms with Gasteiger partial charge in [0.1, 0.15) is 0 Å². The fourth-order valence-corrected chi connectivity index (χ4v) is 3.75. The van der Waals surface area contributed by atoms with Crippen LogP contribution in [0.25, 0.3) is 11.8 Å². The number of anilines is 1. The third-order valence-corrected chi connectivity index (χ3v) is 4.91. The summed E-state index contributed by atoms with van der Waals surface area (Å²) >= 11 is 12.4. The Labute approximate surface area is 153 Å². The molecule has 0 unspecified atom stereocenters. The molecule has 2 aromatic rings. The van der Waals surface area contributed by atoms with Crippen LogP contribution in [0.15, 0.2) is 43.5 Å². The molecule has 4 heteroatoms. The largest absolute Gasteiger partial charge is 0.387 e. The highest BCUT2D eigenvalue weighted by molar-refractivity contribution is 6.31. The normalized spacial score (nSPS) is 15.7. The molecular weight excluding hydrogens is 339 g/mol. The van der Waals surface area contributed by atoms with Gasteiger partial charge in [0.15, 0.2) is 0 Å². The lowest BCUT2D eigenvalue weighted by Crippen LogP contribution is -2.18. The number of halogens is 2. The molecule has 0 fully saturated rings. The van der Waals surface area contributed by atoms with Gasteiger partial charge in [-0.15, -0.1) is 0 Å². The lowest BCUT2D eigenvalue weighted by Gasteiger charge is -2.21. The maximum atomic E-state index is 6.26. The van der Waals surface area contributed by atoms with Gasteiger partial charge in [-0.2, -0.15) is 0 Å². The third kappa shape index (κ3) is 3.17. The van der Waals surface area contributed by atoms with Crippen LogP contribution >= 0.6 is 23.2 Å². The van der Waals surface area contributed by atoms with E-state index in [4.69, 9.17) is 23.2 Å². The van der Waals surface area contributed by atoms with Crippen molar-refractivity contribution in [1.29, 1.82) is 0 Å². The summed E-state index contributed by atoms with van der Waals surface area (Å²) in [4.78, 5) is 0. The van der Waals surface area contributed by atoms with Gasteiger partial charge in [0.2, 0.25) is 0 Å². The average molecular weight is 359 g/mol. The van der Waals surface area contributed by atoms with E-state index < -0.39 is 0 Å². The van der Waals surface area contributed by atoms with E-state index in [1.165, 1.54) is 11.1 Å². The Kier molecular flexibility index (Phi) is 4.88. The first-order valence-electron chi connectivity index (χ1n) is 7.91. The zero-order valence-corrected chi connectivity index (χ0v) is 15.1. The predicted molar refractivity (Wildman–Crippen MR) is 106 cm³/mol. The fourth-order valence-electron chi connectivity index (χ4n) is 3.33. The SMILES string of the molecule is C=Cc1cc(Cl)cc(C(=C)N[C@@H]2CCc3cc(Cl)ccc32)c1NC. The van der Waals surface area contributed by atoms with E-state index in [1.54, 1.807) is 6.08 Å². The standard InChI is InChI=1S/C20H20Cl2N2/c1-4-13-9-16(22)11-18(20(13)23-3)12(2)24-19-8-5-14-10-15(21)6-7-17(14)19/h4,6-7,9-11,19,23-24H,1-2,5,8H2,3H3/t19-/m1/s1. The molecule has 2 N–H and O–H groups in total. The fraction of sp³-hybridized carbons (Fsp3) is 0.200. The Bertz CT molecular complexity index is 812. The minimum atomic E-state index is 0.237. The molecule has 1 atom stereocenters. The van der Waals surface area contributed by atoms with E-state index in [2.05, 4.69) is 35.9 Å². The lowest BCUT2D eigenvalue weighted by atomic mass is 10.0.